The van der Waals surface area contributed by atoms with Crippen molar-refractivity contribution in [1.82, 2.24) is 0 Å². The van der Waals surface area contributed by atoms with Crippen LogP contribution in [0, 0.1) is 22.7 Å². The smallest absolute Gasteiger partial charge is 0.308 e. The molecule has 0 N–H and O–H groups in total. The van der Waals surface area contributed by atoms with Gasteiger partial charge in [-0.15, -0.1) is 0 Å². The van der Waals surface area contributed by atoms with Crippen molar-refractivity contribution in [1.29, 1.82) is 0 Å². The third-order valence-electron chi connectivity index (χ3n) is 7.46. The number of hydrogen-bond donors (Lipinski definition) is 0. The summed E-state index contributed by atoms with van der Waals surface area (Å²) in [5.41, 5.74) is 1.49. The molecule has 3 aliphatic rings. The number of ether oxygens (including phenoxy) is 3. The third-order valence-corrected chi connectivity index (χ3v) is 7.46. The van der Waals surface area contributed by atoms with Crippen LogP contribution in [0.15, 0.2) is 24.3 Å². The van der Waals surface area contributed by atoms with E-state index < -0.39 is 6.29 Å². The highest BCUT2D eigenvalue weighted by molar-refractivity contribution is 5.69. The summed E-state index contributed by atoms with van der Waals surface area (Å²) < 4.78 is 18.1. The minimum Gasteiger partial charge on any atom is -0.426 e. The molecular weight excluding hydrogens is 340 g/mol. The average molecular weight is 373 g/mol. The second-order valence-corrected chi connectivity index (χ2v) is 9.56. The van der Waals surface area contributed by atoms with Crippen molar-refractivity contribution >= 4 is 5.97 Å². The Morgan fingerprint density at radius 1 is 1.15 bits per heavy atom. The molecule has 0 radical (unpaired) electrons. The molecule has 4 rings (SSSR count). The van der Waals surface area contributed by atoms with Crippen LogP contribution in [0.1, 0.15) is 71.7 Å². The number of para-hydroxylation sites is 1. The molecule has 148 valence electrons. The number of rotatable bonds is 2. The second-order valence-electron chi connectivity index (χ2n) is 9.56. The summed E-state index contributed by atoms with van der Waals surface area (Å²) in [7, 11) is 0. The molecule has 2 aliphatic carbocycles. The van der Waals surface area contributed by atoms with E-state index >= 15 is 0 Å². The van der Waals surface area contributed by atoms with Crippen molar-refractivity contribution in [2.75, 3.05) is 6.61 Å². The van der Waals surface area contributed by atoms with Crippen LogP contribution in [0.5, 0.6) is 5.75 Å². The molecule has 1 aliphatic heterocycles. The van der Waals surface area contributed by atoms with Crippen molar-refractivity contribution in [2.24, 2.45) is 22.7 Å². The minimum absolute atomic E-state index is 0.212. The summed E-state index contributed by atoms with van der Waals surface area (Å²) in [5, 5.41) is 0. The first-order valence-corrected chi connectivity index (χ1v) is 10.4. The molecule has 1 saturated heterocycles. The van der Waals surface area contributed by atoms with Crippen molar-refractivity contribution in [3.63, 3.8) is 0 Å². The Kier molecular flexibility index (Phi) is 4.84. The van der Waals surface area contributed by atoms with E-state index in [-0.39, 0.29) is 17.5 Å². The van der Waals surface area contributed by atoms with Gasteiger partial charge in [0.05, 0.1) is 18.3 Å². The normalized spacial score (nSPS) is 37.8. The van der Waals surface area contributed by atoms with E-state index in [0.717, 1.165) is 17.9 Å². The highest BCUT2D eigenvalue weighted by atomic mass is 16.7. The van der Waals surface area contributed by atoms with Gasteiger partial charge < -0.3 is 14.2 Å². The van der Waals surface area contributed by atoms with Crippen LogP contribution in [0.4, 0.5) is 0 Å². The summed E-state index contributed by atoms with van der Waals surface area (Å²) in [4.78, 5) is 11.4. The number of fused-ring (bicyclic) bond motifs is 3. The van der Waals surface area contributed by atoms with Gasteiger partial charge in [0.25, 0.3) is 0 Å². The molecule has 3 fully saturated rings. The van der Waals surface area contributed by atoms with Crippen LogP contribution in [0.3, 0.4) is 0 Å². The predicted molar refractivity (Wildman–Crippen MR) is 103 cm³/mol. The van der Waals surface area contributed by atoms with E-state index in [1.54, 1.807) is 6.07 Å². The number of carbonyl (C=O) groups excluding carboxylic acids is 1. The molecule has 0 amide bonds. The summed E-state index contributed by atoms with van der Waals surface area (Å²) in [5.74, 6) is 1.38. The Balaban J connectivity index is 1.55. The zero-order valence-corrected chi connectivity index (χ0v) is 17.0. The van der Waals surface area contributed by atoms with Crippen molar-refractivity contribution < 1.29 is 19.0 Å². The molecule has 2 saturated carbocycles. The molecule has 1 heterocycles. The van der Waals surface area contributed by atoms with E-state index in [2.05, 4.69) is 20.8 Å². The Hall–Kier alpha value is -1.39. The minimum atomic E-state index is -0.460. The van der Waals surface area contributed by atoms with Gasteiger partial charge in [-0.3, -0.25) is 4.79 Å². The van der Waals surface area contributed by atoms with Crippen molar-refractivity contribution in [3.05, 3.63) is 29.8 Å². The van der Waals surface area contributed by atoms with Gasteiger partial charge in [0, 0.05) is 12.8 Å². The van der Waals surface area contributed by atoms with Gasteiger partial charge in [-0.2, -0.15) is 0 Å². The maximum atomic E-state index is 11.4. The van der Waals surface area contributed by atoms with E-state index in [9.17, 15) is 4.79 Å². The van der Waals surface area contributed by atoms with Crippen LogP contribution in [-0.2, 0) is 14.3 Å². The van der Waals surface area contributed by atoms with Gasteiger partial charge in [0.1, 0.15) is 5.75 Å². The third kappa shape index (κ3) is 3.31. The van der Waals surface area contributed by atoms with Gasteiger partial charge in [0.15, 0.2) is 6.29 Å². The van der Waals surface area contributed by atoms with Crippen LogP contribution in [0.2, 0.25) is 0 Å². The molecule has 1 aromatic carbocycles. The molecule has 4 nitrogen and oxygen atoms in total. The lowest BCUT2D eigenvalue weighted by atomic mass is 9.48. The maximum Gasteiger partial charge on any atom is 0.308 e. The van der Waals surface area contributed by atoms with E-state index in [4.69, 9.17) is 14.2 Å². The standard InChI is InChI=1S/C23H32O4/c1-15(24)26-18-9-6-5-8-16(18)21-25-14-17-19(27-21)10-11-20-22(2,3)12-7-13-23(17,20)4/h5-6,8-9,17,19-21H,7,10-14H2,1-4H3/t17-,19+,20-,21-,23+/m0/s1. The predicted octanol–water partition coefficient (Wildman–Crippen LogP) is 5.27. The fraction of sp³-hybridized carbons (Fsp3) is 0.696. The number of hydrogen-bond acceptors (Lipinski definition) is 4. The van der Waals surface area contributed by atoms with Crippen molar-refractivity contribution in [2.45, 2.75) is 72.2 Å². The molecule has 5 atom stereocenters. The van der Waals surface area contributed by atoms with Crippen LogP contribution < -0.4 is 4.74 Å². The lowest BCUT2D eigenvalue weighted by Crippen LogP contribution is -2.57. The summed E-state index contributed by atoms with van der Waals surface area (Å²) in [6, 6.07) is 7.53. The lowest BCUT2D eigenvalue weighted by molar-refractivity contribution is -0.286. The molecular formula is C23H32O4. The SMILES string of the molecule is CC(=O)Oc1ccccc1[C@H]1OC[C@H]2[C@@H](CC[C@H]3C(C)(C)CCC[C@]23C)O1. The first-order valence-electron chi connectivity index (χ1n) is 10.4. The Labute approximate surface area is 162 Å². The molecule has 4 heteroatoms. The number of benzene rings is 1. The van der Waals surface area contributed by atoms with Gasteiger partial charge in [-0.05, 0) is 48.5 Å². The molecule has 0 spiro atoms. The highest BCUT2D eigenvalue weighted by Crippen LogP contribution is 2.61. The monoisotopic (exact) mass is 372 g/mol. The quantitative estimate of drug-likeness (QED) is 0.524. The first kappa shape index (κ1) is 18.9. The topological polar surface area (TPSA) is 44.8 Å². The van der Waals surface area contributed by atoms with Crippen molar-refractivity contribution in [3.8, 4) is 5.75 Å². The lowest BCUT2D eigenvalue weighted by Gasteiger charge is -2.60. The number of carbonyl (C=O) groups is 1. The summed E-state index contributed by atoms with van der Waals surface area (Å²) in [6.07, 6.45) is 5.95. The fourth-order valence-electron chi connectivity index (χ4n) is 6.22. The average Bonchev–Trinajstić information content (AvgIpc) is 2.60. The molecule has 0 bridgehead atoms. The molecule has 27 heavy (non-hydrogen) atoms. The fourth-order valence-corrected chi connectivity index (χ4v) is 6.22. The van der Waals surface area contributed by atoms with Crippen LogP contribution >= 0.6 is 0 Å². The Bertz CT molecular complexity index is 712. The molecule has 0 aromatic heterocycles. The Morgan fingerprint density at radius 2 is 1.93 bits per heavy atom. The summed E-state index contributed by atoms with van der Waals surface area (Å²) >= 11 is 0. The summed E-state index contributed by atoms with van der Waals surface area (Å²) in [6.45, 7) is 9.49. The number of esters is 1. The maximum absolute atomic E-state index is 11.4. The van der Waals surface area contributed by atoms with Crippen LogP contribution in [0.25, 0.3) is 0 Å². The van der Waals surface area contributed by atoms with Gasteiger partial charge in [-0.25, -0.2) is 0 Å². The zero-order chi connectivity index (χ0) is 19.2. The largest absolute Gasteiger partial charge is 0.426 e. The van der Waals surface area contributed by atoms with E-state index in [1.807, 2.05) is 18.2 Å². The van der Waals surface area contributed by atoms with E-state index in [0.29, 0.717) is 23.7 Å². The highest BCUT2D eigenvalue weighted by Gasteiger charge is 2.56. The van der Waals surface area contributed by atoms with Gasteiger partial charge >= 0.3 is 5.97 Å². The second kappa shape index (κ2) is 6.89. The molecule has 0 unspecified atom stereocenters. The van der Waals surface area contributed by atoms with Gasteiger partial charge in [0.2, 0.25) is 0 Å². The zero-order valence-electron chi connectivity index (χ0n) is 17.0. The van der Waals surface area contributed by atoms with E-state index in [1.165, 1.54) is 32.6 Å². The van der Waals surface area contributed by atoms with Crippen LogP contribution in [-0.4, -0.2) is 18.7 Å². The first-order chi connectivity index (χ1) is 12.8. The Morgan fingerprint density at radius 3 is 2.70 bits per heavy atom. The van der Waals surface area contributed by atoms with Gasteiger partial charge in [-0.1, -0.05) is 45.4 Å². The molecule has 1 aromatic rings.